The van der Waals surface area contributed by atoms with E-state index in [0.717, 1.165) is 12.8 Å². The zero-order chi connectivity index (χ0) is 13.0. The summed E-state index contributed by atoms with van der Waals surface area (Å²) in [5.41, 5.74) is 5.75. The number of likely N-dealkylation sites (tertiary alicyclic amines) is 1. The Morgan fingerprint density at radius 3 is 2.71 bits per heavy atom. The molecular weight excluding hydrogens is 224 g/mol. The topological polar surface area (TPSA) is 104 Å². The number of aliphatic hydroxyl groups excluding tert-OH is 1. The van der Waals surface area contributed by atoms with Crippen molar-refractivity contribution in [1.29, 1.82) is 0 Å². The monoisotopic (exact) mass is 244 g/mol. The van der Waals surface area contributed by atoms with Crippen molar-refractivity contribution in [2.45, 2.75) is 50.8 Å². The molecule has 0 aliphatic carbocycles. The van der Waals surface area contributed by atoms with Gasteiger partial charge in [0.1, 0.15) is 6.04 Å². The minimum Gasteiger partial charge on any atom is -0.480 e. The summed E-state index contributed by atoms with van der Waals surface area (Å²) < 4.78 is 0. The van der Waals surface area contributed by atoms with Crippen molar-refractivity contribution >= 4 is 11.9 Å². The third-order valence-electron chi connectivity index (χ3n) is 2.98. The van der Waals surface area contributed by atoms with Gasteiger partial charge >= 0.3 is 5.97 Å². The number of amides is 1. The van der Waals surface area contributed by atoms with E-state index in [9.17, 15) is 14.7 Å². The highest BCUT2D eigenvalue weighted by Gasteiger charge is 2.38. The van der Waals surface area contributed by atoms with Gasteiger partial charge in [0.25, 0.3) is 0 Å². The Labute approximate surface area is 100 Å². The molecule has 1 aliphatic heterocycles. The number of carboxylic acids is 1. The smallest absolute Gasteiger partial charge is 0.326 e. The predicted octanol–water partition coefficient (Wildman–Crippen LogP) is -0.450. The molecule has 1 unspecified atom stereocenters. The average Bonchev–Trinajstić information content (AvgIpc) is 2.60. The van der Waals surface area contributed by atoms with Crippen LogP contribution in [0.25, 0.3) is 0 Å². The van der Waals surface area contributed by atoms with Crippen LogP contribution in [0.1, 0.15) is 32.6 Å². The first kappa shape index (κ1) is 13.9. The van der Waals surface area contributed by atoms with E-state index >= 15 is 0 Å². The number of carboxylic acid groups (broad SMARTS) is 1. The van der Waals surface area contributed by atoms with Crippen molar-refractivity contribution in [2.24, 2.45) is 5.73 Å². The highest BCUT2D eigenvalue weighted by atomic mass is 16.4. The average molecular weight is 244 g/mol. The molecule has 17 heavy (non-hydrogen) atoms. The molecule has 1 rings (SSSR count). The first-order valence-electron chi connectivity index (χ1n) is 5.91. The largest absolute Gasteiger partial charge is 0.480 e. The number of aliphatic hydroxyl groups is 1. The Hall–Kier alpha value is -1.14. The van der Waals surface area contributed by atoms with Gasteiger partial charge in [0.05, 0.1) is 6.10 Å². The minimum atomic E-state index is -1.07. The number of carbonyl (C=O) groups excluding carboxylic acids is 1. The first-order chi connectivity index (χ1) is 7.95. The SMILES string of the molecule is CCCC(N)CC(=O)N1C[C@H](O)C[C@@H]1C(=O)O. The Bertz CT molecular complexity index is 295. The lowest BCUT2D eigenvalue weighted by Crippen LogP contribution is -2.42. The molecule has 1 fully saturated rings. The van der Waals surface area contributed by atoms with E-state index in [-0.39, 0.29) is 31.3 Å². The fourth-order valence-electron chi connectivity index (χ4n) is 2.14. The quantitative estimate of drug-likeness (QED) is 0.607. The van der Waals surface area contributed by atoms with Crippen molar-refractivity contribution in [2.75, 3.05) is 6.54 Å². The van der Waals surface area contributed by atoms with Crippen LogP contribution in [-0.2, 0) is 9.59 Å². The van der Waals surface area contributed by atoms with Gasteiger partial charge in [-0.2, -0.15) is 0 Å². The third-order valence-corrected chi connectivity index (χ3v) is 2.98. The van der Waals surface area contributed by atoms with Crippen LogP contribution in [-0.4, -0.2) is 51.7 Å². The van der Waals surface area contributed by atoms with Crippen molar-refractivity contribution in [1.82, 2.24) is 4.90 Å². The summed E-state index contributed by atoms with van der Waals surface area (Å²) >= 11 is 0. The summed E-state index contributed by atoms with van der Waals surface area (Å²) in [7, 11) is 0. The second-order valence-electron chi connectivity index (χ2n) is 4.54. The molecular formula is C11H20N2O4. The van der Waals surface area contributed by atoms with E-state index in [1.54, 1.807) is 0 Å². The lowest BCUT2D eigenvalue weighted by molar-refractivity contribution is -0.148. The van der Waals surface area contributed by atoms with Gasteiger partial charge in [0.15, 0.2) is 0 Å². The number of rotatable bonds is 5. The summed E-state index contributed by atoms with van der Waals surface area (Å²) in [6.45, 7) is 2.07. The van der Waals surface area contributed by atoms with Gasteiger partial charge < -0.3 is 20.8 Å². The molecule has 4 N–H and O–H groups in total. The minimum absolute atomic E-state index is 0.0919. The van der Waals surface area contributed by atoms with E-state index < -0.39 is 18.1 Å². The van der Waals surface area contributed by atoms with Crippen LogP contribution >= 0.6 is 0 Å². The number of β-amino-alcohol motifs (C(OH)–C–C–N with tert-alkyl or cyclic N) is 1. The Morgan fingerprint density at radius 2 is 2.18 bits per heavy atom. The van der Waals surface area contributed by atoms with Crippen LogP contribution in [0.3, 0.4) is 0 Å². The van der Waals surface area contributed by atoms with E-state index in [2.05, 4.69) is 0 Å². The number of nitrogens with two attached hydrogens (primary N) is 1. The van der Waals surface area contributed by atoms with E-state index in [4.69, 9.17) is 10.8 Å². The summed E-state index contributed by atoms with van der Waals surface area (Å²) in [4.78, 5) is 24.0. The molecule has 1 saturated heterocycles. The third kappa shape index (κ3) is 3.67. The van der Waals surface area contributed by atoms with Crippen molar-refractivity contribution in [3.63, 3.8) is 0 Å². The first-order valence-corrected chi connectivity index (χ1v) is 5.91. The zero-order valence-corrected chi connectivity index (χ0v) is 10.0. The van der Waals surface area contributed by atoms with Crippen LogP contribution in [0, 0.1) is 0 Å². The van der Waals surface area contributed by atoms with Crippen molar-refractivity contribution in [3.8, 4) is 0 Å². The molecule has 1 heterocycles. The second kappa shape index (κ2) is 5.97. The summed E-state index contributed by atoms with van der Waals surface area (Å²) in [6.07, 6.45) is 1.12. The van der Waals surface area contributed by atoms with E-state index in [0.29, 0.717) is 0 Å². The van der Waals surface area contributed by atoms with Crippen molar-refractivity contribution in [3.05, 3.63) is 0 Å². The molecule has 0 aromatic heterocycles. The maximum atomic E-state index is 11.9. The highest BCUT2D eigenvalue weighted by molar-refractivity contribution is 5.84. The van der Waals surface area contributed by atoms with E-state index in [1.165, 1.54) is 4.90 Å². The van der Waals surface area contributed by atoms with Gasteiger partial charge in [0.2, 0.25) is 5.91 Å². The summed E-state index contributed by atoms with van der Waals surface area (Å²) in [5.74, 6) is -1.35. The summed E-state index contributed by atoms with van der Waals surface area (Å²) in [6, 6.07) is -1.15. The fraction of sp³-hybridized carbons (Fsp3) is 0.818. The molecule has 0 spiro atoms. The molecule has 1 aliphatic rings. The normalized spacial score (nSPS) is 25.9. The van der Waals surface area contributed by atoms with Crippen LogP contribution in [0.2, 0.25) is 0 Å². The number of carbonyl (C=O) groups is 2. The Balaban J connectivity index is 2.58. The molecule has 1 amide bonds. The molecule has 0 saturated carbocycles. The van der Waals surface area contributed by atoms with Gasteiger partial charge in [-0.25, -0.2) is 4.79 Å². The number of aliphatic carboxylic acids is 1. The van der Waals surface area contributed by atoms with Gasteiger partial charge in [-0.3, -0.25) is 4.79 Å². The molecule has 0 aromatic carbocycles. The molecule has 0 bridgehead atoms. The molecule has 0 radical (unpaired) electrons. The molecule has 6 heteroatoms. The molecule has 3 atom stereocenters. The second-order valence-corrected chi connectivity index (χ2v) is 4.54. The number of nitrogens with zero attached hydrogens (tertiary/aromatic N) is 1. The van der Waals surface area contributed by atoms with Gasteiger partial charge in [-0.15, -0.1) is 0 Å². The van der Waals surface area contributed by atoms with Crippen LogP contribution < -0.4 is 5.73 Å². The van der Waals surface area contributed by atoms with Gasteiger partial charge in [-0.1, -0.05) is 13.3 Å². The Kier molecular flexibility index (Phi) is 4.89. The number of hydrogen-bond donors (Lipinski definition) is 3. The lowest BCUT2D eigenvalue weighted by atomic mass is 10.1. The standard InChI is InChI=1S/C11H20N2O4/c1-2-3-7(12)4-10(15)13-6-8(14)5-9(13)11(16)17/h7-9,14H,2-6,12H2,1H3,(H,16,17)/t7?,8-,9-/m1/s1. The highest BCUT2D eigenvalue weighted by Crippen LogP contribution is 2.19. The maximum Gasteiger partial charge on any atom is 0.326 e. The van der Waals surface area contributed by atoms with Gasteiger partial charge in [-0.05, 0) is 6.42 Å². The van der Waals surface area contributed by atoms with E-state index in [1.807, 2.05) is 6.92 Å². The maximum absolute atomic E-state index is 11.9. The van der Waals surface area contributed by atoms with Crippen molar-refractivity contribution < 1.29 is 19.8 Å². The number of hydrogen-bond acceptors (Lipinski definition) is 4. The predicted molar refractivity (Wildman–Crippen MR) is 61.3 cm³/mol. The molecule has 6 nitrogen and oxygen atoms in total. The molecule has 98 valence electrons. The lowest BCUT2D eigenvalue weighted by Gasteiger charge is -2.22. The Morgan fingerprint density at radius 1 is 1.53 bits per heavy atom. The molecule has 0 aromatic rings. The summed E-state index contributed by atoms with van der Waals surface area (Å²) in [5, 5.41) is 18.4. The van der Waals surface area contributed by atoms with Crippen LogP contribution in [0.4, 0.5) is 0 Å². The van der Waals surface area contributed by atoms with Crippen LogP contribution in [0.5, 0.6) is 0 Å². The zero-order valence-electron chi connectivity index (χ0n) is 10.0. The van der Waals surface area contributed by atoms with Gasteiger partial charge in [0, 0.05) is 25.4 Å². The van der Waals surface area contributed by atoms with Crippen LogP contribution in [0.15, 0.2) is 0 Å². The fourth-order valence-corrected chi connectivity index (χ4v) is 2.14.